The Morgan fingerprint density at radius 3 is 2.35 bits per heavy atom. The second-order valence-electron chi connectivity index (χ2n) is 4.53. The van der Waals surface area contributed by atoms with Gasteiger partial charge in [0.05, 0.1) is 0 Å². The number of alkyl halides is 1. The summed E-state index contributed by atoms with van der Waals surface area (Å²) in [5.41, 5.74) is 2.68. The van der Waals surface area contributed by atoms with Crippen LogP contribution in [0, 0.1) is 0 Å². The van der Waals surface area contributed by atoms with E-state index in [1.54, 1.807) is 6.20 Å². The van der Waals surface area contributed by atoms with Crippen molar-refractivity contribution in [1.29, 1.82) is 0 Å². The molecule has 2 aromatic rings. The highest BCUT2D eigenvalue weighted by atomic mass is 79.9. The van der Waals surface area contributed by atoms with Crippen molar-refractivity contribution in [3.8, 4) is 0 Å². The Morgan fingerprint density at radius 2 is 1.82 bits per heavy atom. The highest BCUT2D eigenvalue weighted by molar-refractivity contribution is 9.09. The number of hydrogen-bond acceptors (Lipinski definition) is 1. The Balaban J connectivity index is 2.06. The summed E-state index contributed by atoms with van der Waals surface area (Å²) in [6.45, 7) is 4.42. The van der Waals surface area contributed by atoms with Crippen LogP contribution in [0.15, 0.2) is 36.7 Å². The average Bonchev–Trinajstić information content (AvgIpc) is 2.82. The van der Waals surface area contributed by atoms with Crippen LogP contribution in [0.3, 0.4) is 0 Å². The topological polar surface area (TPSA) is 28.7 Å². The number of halogens is 1. The molecule has 0 aliphatic heterocycles. The van der Waals surface area contributed by atoms with E-state index in [4.69, 9.17) is 0 Å². The lowest BCUT2D eigenvalue weighted by Crippen LogP contribution is -1.98. The third kappa shape index (κ3) is 3.19. The largest absolute Gasteiger partial charge is 0.349 e. The van der Waals surface area contributed by atoms with Crippen molar-refractivity contribution in [1.82, 2.24) is 9.97 Å². The lowest BCUT2D eigenvalue weighted by molar-refractivity contribution is 0.854. The number of aromatic amines is 1. The van der Waals surface area contributed by atoms with E-state index >= 15 is 0 Å². The van der Waals surface area contributed by atoms with Gasteiger partial charge in [-0.15, -0.1) is 0 Å². The molecule has 0 radical (unpaired) electrons. The molecule has 1 aromatic carbocycles. The Labute approximate surface area is 111 Å². The second-order valence-corrected chi connectivity index (χ2v) is 5.63. The van der Waals surface area contributed by atoms with Crippen LogP contribution in [-0.2, 0) is 6.42 Å². The monoisotopic (exact) mass is 292 g/mol. The van der Waals surface area contributed by atoms with Crippen molar-refractivity contribution in [2.45, 2.75) is 31.0 Å². The molecule has 90 valence electrons. The zero-order valence-electron chi connectivity index (χ0n) is 10.2. The Morgan fingerprint density at radius 1 is 1.18 bits per heavy atom. The van der Waals surface area contributed by atoms with E-state index in [0.29, 0.717) is 10.7 Å². The molecule has 0 bridgehead atoms. The number of nitrogens with one attached hydrogen (secondary N) is 1. The zero-order valence-corrected chi connectivity index (χ0v) is 11.7. The Bertz CT molecular complexity index is 446. The van der Waals surface area contributed by atoms with Crippen LogP contribution in [-0.4, -0.2) is 9.97 Å². The predicted molar refractivity (Wildman–Crippen MR) is 74.5 cm³/mol. The molecule has 0 amide bonds. The molecular formula is C14H17BrN2. The van der Waals surface area contributed by atoms with Crippen molar-refractivity contribution in [3.63, 3.8) is 0 Å². The van der Waals surface area contributed by atoms with Crippen LogP contribution in [0.5, 0.6) is 0 Å². The van der Waals surface area contributed by atoms with Gasteiger partial charge in [-0.05, 0) is 17.0 Å². The maximum Gasteiger partial charge on any atom is 0.107 e. The molecular weight excluding hydrogens is 276 g/mol. The summed E-state index contributed by atoms with van der Waals surface area (Å²) in [6.07, 6.45) is 4.53. The molecule has 0 saturated carbocycles. The number of aromatic nitrogens is 2. The van der Waals surface area contributed by atoms with E-state index < -0.39 is 0 Å². The van der Waals surface area contributed by atoms with Crippen molar-refractivity contribution in [2.75, 3.05) is 0 Å². The molecule has 0 saturated heterocycles. The SMILES string of the molecule is CC(C)c1ccc(C(Br)Cc2ncc[nH]2)cc1. The number of benzene rings is 1. The van der Waals surface area contributed by atoms with E-state index in [1.807, 2.05) is 6.20 Å². The average molecular weight is 293 g/mol. The molecule has 3 heteroatoms. The highest BCUT2D eigenvalue weighted by Crippen LogP contribution is 2.27. The fourth-order valence-corrected chi connectivity index (χ4v) is 2.40. The predicted octanol–water partition coefficient (Wildman–Crippen LogP) is 4.21. The standard InChI is InChI=1S/C14H17BrN2/c1-10(2)11-3-5-12(6-4-11)13(15)9-14-16-7-8-17-14/h3-8,10,13H,9H2,1-2H3,(H,16,17). The molecule has 17 heavy (non-hydrogen) atoms. The third-order valence-corrected chi connectivity index (χ3v) is 3.74. The quantitative estimate of drug-likeness (QED) is 0.840. The van der Waals surface area contributed by atoms with Crippen LogP contribution < -0.4 is 0 Å². The molecule has 0 fully saturated rings. The minimum absolute atomic E-state index is 0.315. The molecule has 0 aliphatic carbocycles. The van der Waals surface area contributed by atoms with Crippen molar-refractivity contribution >= 4 is 15.9 Å². The maximum atomic E-state index is 4.24. The fraction of sp³-hybridized carbons (Fsp3) is 0.357. The first-order chi connectivity index (χ1) is 8.16. The van der Waals surface area contributed by atoms with Gasteiger partial charge in [-0.25, -0.2) is 4.98 Å². The van der Waals surface area contributed by atoms with Crippen LogP contribution in [0.4, 0.5) is 0 Å². The molecule has 0 spiro atoms. The second kappa shape index (κ2) is 5.50. The van der Waals surface area contributed by atoms with Gasteiger partial charge in [-0.3, -0.25) is 0 Å². The van der Waals surface area contributed by atoms with E-state index in [0.717, 1.165) is 12.2 Å². The summed E-state index contributed by atoms with van der Waals surface area (Å²) >= 11 is 3.71. The number of rotatable bonds is 4. The Hall–Kier alpha value is -1.09. The van der Waals surface area contributed by atoms with E-state index in [2.05, 4.69) is 64.0 Å². The number of hydrogen-bond donors (Lipinski definition) is 1. The van der Waals surface area contributed by atoms with Crippen LogP contribution in [0.25, 0.3) is 0 Å². The maximum absolute atomic E-state index is 4.24. The summed E-state index contributed by atoms with van der Waals surface area (Å²) in [7, 11) is 0. The molecule has 1 atom stereocenters. The van der Waals surface area contributed by atoms with Crippen LogP contribution in [0.1, 0.15) is 41.5 Å². The molecule has 1 unspecified atom stereocenters. The van der Waals surface area contributed by atoms with Crippen molar-refractivity contribution in [3.05, 3.63) is 53.6 Å². The van der Waals surface area contributed by atoms with E-state index in [-0.39, 0.29) is 0 Å². The van der Waals surface area contributed by atoms with Gasteiger partial charge in [0, 0.05) is 23.6 Å². The lowest BCUT2D eigenvalue weighted by atomic mass is 10.0. The molecule has 2 rings (SSSR count). The van der Waals surface area contributed by atoms with Crippen LogP contribution >= 0.6 is 15.9 Å². The summed E-state index contributed by atoms with van der Waals surface area (Å²) in [5.74, 6) is 1.60. The minimum atomic E-state index is 0.315. The lowest BCUT2D eigenvalue weighted by Gasteiger charge is -2.11. The molecule has 0 aliphatic rings. The van der Waals surface area contributed by atoms with Gasteiger partial charge in [0.2, 0.25) is 0 Å². The van der Waals surface area contributed by atoms with Gasteiger partial charge in [-0.2, -0.15) is 0 Å². The van der Waals surface area contributed by atoms with Gasteiger partial charge in [0.1, 0.15) is 5.82 Å². The van der Waals surface area contributed by atoms with E-state index in [1.165, 1.54) is 11.1 Å². The summed E-state index contributed by atoms with van der Waals surface area (Å²) in [6, 6.07) is 8.79. The first kappa shape index (κ1) is 12.4. The minimum Gasteiger partial charge on any atom is -0.349 e. The smallest absolute Gasteiger partial charge is 0.107 e. The summed E-state index contributed by atoms with van der Waals surface area (Å²) in [5, 5.41) is 0. The van der Waals surface area contributed by atoms with Gasteiger partial charge in [0.15, 0.2) is 0 Å². The summed E-state index contributed by atoms with van der Waals surface area (Å²) < 4.78 is 0. The number of H-pyrrole nitrogens is 1. The van der Waals surface area contributed by atoms with Crippen LogP contribution in [0.2, 0.25) is 0 Å². The third-order valence-electron chi connectivity index (χ3n) is 2.89. The van der Waals surface area contributed by atoms with Crippen molar-refractivity contribution in [2.24, 2.45) is 0 Å². The fourth-order valence-electron chi connectivity index (χ4n) is 1.79. The number of imidazole rings is 1. The first-order valence-corrected chi connectivity index (χ1v) is 6.80. The molecule has 2 nitrogen and oxygen atoms in total. The summed E-state index contributed by atoms with van der Waals surface area (Å²) in [4.78, 5) is 7.68. The van der Waals surface area contributed by atoms with Gasteiger partial charge in [-0.1, -0.05) is 54.0 Å². The first-order valence-electron chi connectivity index (χ1n) is 5.89. The molecule has 1 N–H and O–H groups in total. The molecule has 1 heterocycles. The van der Waals surface area contributed by atoms with Gasteiger partial charge < -0.3 is 4.98 Å². The number of nitrogens with zero attached hydrogens (tertiary/aromatic N) is 1. The van der Waals surface area contributed by atoms with Crippen molar-refractivity contribution < 1.29 is 0 Å². The van der Waals surface area contributed by atoms with Gasteiger partial charge >= 0.3 is 0 Å². The normalized spacial score (nSPS) is 12.9. The Kier molecular flexibility index (Phi) is 4.00. The van der Waals surface area contributed by atoms with E-state index in [9.17, 15) is 0 Å². The zero-order chi connectivity index (χ0) is 12.3. The molecule has 1 aromatic heterocycles. The highest BCUT2D eigenvalue weighted by Gasteiger charge is 2.10. The van der Waals surface area contributed by atoms with Gasteiger partial charge in [0.25, 0.3) is 0 Å².